The van der Waals surface area contributed by atoms with Crippen LogP contribution in [-0.4, -0.2) is 18.1 Å². The molecule has 0 spiro atoms. The summed E-state index contributed by atoms with van der Waals surface area (Å²) < 4.78 is 0. The Hall–Kier alpha value is -1.51. The molecule has 3 nitrogen and oxygen atoms in total. The highest BCUT2D eigenvalue weighted by Gasteiger charge is 2.11. The van der Waals surface area contributed by atoms with Crippen LogP contribution in [0.5, 0.6) is 0 Å². The molecule has 0 atom stereocenters. The smallest absolute Gasteiger partial charge is 0.0789 e. The molecule has 74 valence electrons. The Morgan fingerprint density at radius 2 is 2.36 bits per heavy atom. The Morgan fingerprint density at radius 1 is 1.50 bits per heavy atom. The van der Waals surface area contributed by atoms with Crippen molar-refractivity contribution in [3.05, 3.63) is 30.1 Å². The van der Waals surface area contributed by atoms with Crippen molar-refractivity contribution in [1.29, 1.82) is 0 Å². The van der Waals surface area contributed by atoms with Crippen molar-refractivity contribution in [3.8, 4) is 0 Å². The van der Waals surface area contributed by atoms with E-state index >= 15 is 0 Å². The van der Waals surface area contributed by atoms with E-state index in [0.717, 1.165) is 30.9 Å². The fourth-order valence-corrected chi connectivity index (χ4v) is 1.65. The monoisotopic (exact) mass is 189 g/mol. The first-order chi connectivity index (χ1) is 6.77. The van der Waals surface area contributed by atoms with Crippen LogP contribution in [-0.2, 0) is 0 Å². The van der Waals surface area contributed by atoms with Crippen LogP contribution in [0.25, 0.3) is 0 Å². The number of hydrogen-bond acceptors (Lipinski definition) is 3. The van der Waals surface area contributed by atoms with E-state index in [-0.39, 0.29) is 0 Å². The third-order valence-electron chi connectivity index (χ3n) is 2.61. The van der Waals surface area contributed by atoms with Gasteiger partial charge in [-0.25, -0.2) is 0 Å². The van der Waals surface area contributed by atoms with Crippen molar-refractivity contribution in [2.75, 3.05) is 23.7 Å². The first-order valence-electron chi connectivity index (χ1n) is 4.87. The average Bonchev–Trinajstić information content (AvgIpc) is 2.20. The maximum atomic E-state index is 5.88. The van der Waals surface area contributed by atoms with Gasteiger partial charge in [-0.2, -0.15) is 0 Å². The molecule has 1 aliphatic heterocycles. The Balaban J connectivity index is 2.21. The highest BCUT2D eigenvalue weighted by molar-refractivity contribution is 5.66. The number of pyridine rings is 1. The van der Waals surface area contributed by atoms with E-state index in [0.29, 0.717) is 0 Å². The van der Waals surface area contributed by atoms with Crippen LogP contribution in [0.1, 0.15) is 13.3 Å². The van der Waals surface area contributed by atoms with E-state index in [1.165, 1.54) is 5.57 Å². The zero-order chi connectivity index (χ0) is 9.97. The van der Waals surface area contributed by atoms with Gasteiger partial charge in [0.05, 0.1) is 17.6 Å². The molecule has 1 aliphatic rings. The largest absolute Gasteiger partial charge is 0.397 e. The first-order valence-corrected chi connectivity index (χ1v) is 4.87. The number of rotatable bonds is 1. The van der Waals surface area contributed by atoms with Crippen molar-refractivity contribution < 1.29 is 0 Å². The van der Waals surface area contributed by atoms with Crippen molar-refractivity contribution in [3.63, 3.8) is 0 Å². The lowest BCUT2D eigenvalue weighted by Crippen LogP contribution is -2.28. The molecule has 0 radical (unpaired) electrons. The molecule has 0 aromatic carbocycles. The van der Waals surface area contributed by atoms with Crippen LogP contribution in [0, 0.1) is 0 Å². The molecule has 0 saturated heterocycles. The number of nitrogen functional groups attached to an aromatic ring is 1. The fourth-order valence-electron chi connectivity index (χ4n) is 1.65. The molecular formula is C11H15N3. The summed E-state index contributed by atoms with van der Waals surface area (Å²) in [4.78, 5) is 6.36. The lowest BCUT2D eigenvalue weighted by atomic mass is 10.1. The molecule has 14 heavy (non-hydrogen) atoms. The van der Waals surface area contributed by atoms with Crippen LogP contribution in [0.3, 0.4) is 0 Å². The molecule has 2 N–H and O–H groups in total. The molecule has 1 aromatic rings. The second kappa shape index (κ2) is 3.70. The van der Waals surface area contributed by atoms with Gasteiger partial charge >= 0.3 is 0 Å². The van der Waals surface area contributed by atoms with Gasteiger partial charge in [0.2, 0.25) is 0 Å². The zero-order valence-electron chi connectivity index (χ0n) is 8.40. The molecule has 0 saturated carbocycles. The Morgan fingerprint density at radius 3 is 3.00 bits per heavy atom. The lowest BCUT2D eigenvalue weighted by molar-refractivity contribution is 0.787. The fraction of sp³-hybridized carbons (Fsp3) is 0.364. The molecule has 0 bridgehead atoms. The molecule has 2 heterocycles. The van der Waals surface area contributed by atoms with Gasteiger partial charge in [0.15, 0.2) is 0 Å². The van der Waals surface area contributed by atoms with Crippen LogP contribution in [0.4, 0.5) is 11.4 Å². The van der Waals surface area contributed by atoms with Gasteiger partial charge in [-0.3, -0.25) is 4.98 Å². The number of nitrogens with zero attached hydrogens (tertiary/aromatic N) is 2. The predicted molar refractivity (Wildman–Crippen MR) is 59.2 cm³/mol. The van der Waals surface area contributed by atoms with Crippen molar-refractivity contribution in [2.24, 2.45) is 0 Å². The molecule has 0 fully saturated rings. The maximum Gasteiger partial charge on any atom is 0.0789 e. The van der Waals surface area contributed by atoms with Gasteiger partial charge < -0.3 is 10.6 Å². The second-order valence-electron chi connectivity index (χ2n) is 3.68. The van der Waals surface area contributed by atoms with Crippen molar-refractivity contribution in [2.45, 2.75) is 13.3 Å². The van der Waals surface area contributed by atoms with Crippen molar-refractivity contribution >= 4 is 11.4 Å². The van der Waals surface area contributed by atoms with Gasteiger partial charge in [-0.05, 0) is 19.4 Å². The molecule has 1 aromatic heterocycles. The zero-order valence-corrected chi connectivity index (χ0v) is 8.40. The van der Waals surface area contributed by atoms with Gasteiger partial charge in [-0.15, -0.1) is 0 Å². The number of anilines is 2. The summed E-state index contributed by atoms with van der Waals surface area (Å²) in [5.74, 6) is 0. The summed E-state index contributed by atoms with van der Waals surface area (Å²) in [5, 5.41) is 0. The quantitative estimate of drug-likeness (QED) is 0.685. The summed E-state index contributed by atoms with van der Waals surface area (Å²) >= 11 is 0. The summed E-state index contributed by atoms with van der Waals surface area (Å²) in [7, 11) is 0. The van der Waals surface area contributed by atoms with Crippen LogP contribution in [0.15, 0.2) is 30.1 Å². The van der Waals surface area contributed by atoms with E-state index in [4.69, 9.17) is 5.73 Å². The van der Waals surface area contributed by atoms with E-state index < -0.39 is 0 Å². The van der Waals surface area contributed by atoms with Gasteiger partial charge in [-0.1, -0.05) is 11.6 Å². The van der Waals surface area contributed by atoms with Crippen LogP contribution >= 0.6 is 0 Å². The molecular weight excluding hydrogens is 174 g/mol. The molecule has 0 unspecified atom stereocenters. The normalized spacial score (nSPS) is 16.6. The Bertz CT molecular complexity index is 357. The number of aromatic nitrogens is 1. The molecule has 0 aliphatic carbocycles. The summed E-state index contributed by atoms with van der Waals surface area (Å²) in [6, 6.07) is 1.85. The first kappa shape index (κ1) is 9.06. The third-order valence-corrected chi connectivity index (χ3v) is 2.61. The molecule has 0 amide bonds. The SMILES string of the molecule is CC1=CCN(c2cnccc2N)CC1. The van der Waals surface area contributed by atoms with Gasteiger partial charge in [0.25, 0.3) is 0 Å². The van der Waals surface area contributed by atoms with E-state index in [2.05, 4.69) is 22.9 Å². The van der Waals surface area contributed by atoms with E-state index in [9.17, 15) is 0 Å². The van der Waals surface area contributed by atoms with E-state index in [1.807, 2.05) is 12.3 Å². The maximum absolute atomic E-state index is 5.88. The Kier molecular flexibility index (Phi) is 2.39. The highest BCUT2D eigenvalue weighted by atomic mass is 15.1. The lowest BCUT2D eigenvalue weighted by Gasteiger charge is -2.28. The standard InChI is InChI=1S/C11H15N3/c1-9-3-6-14(7-4-9)11-8-13-5-2-10(11)12/h2-3,5,8H,4,6-7H2,1H3,(H2,12,13). The Labute approximate surface area is 84.2 Å². The second-order valence-corrected chi connectivity index (χ2v) is 3.68. The van der Waals surface area contributed by atoms with Crippen LogP contribution < -0.4 is 10.6 Å². The van der Waals surface area contributed by atoms with E-state index in [1.54, 1.807) is 6.20 Å². The number of nitrogens with two attached hydrogens (primary N) is 1. The average molecular weight is 189 g/mol. The van der Waals surface area contributed by atoms with Crippen LogP contribution in [0.2, 0.25) is 0 Å². The highest BCUT2D eigenvalue weighted by Crippen LogP contribution is 2.24. The summed E-state index contributed by atoms with van der Waals surface area (Å²) in [5.41, 5.74) is 9.21. The predicted octanol–water partition coefficient (Wildman–Crippen LogP) is 1.82. The minimum atomic E-state index is 0.813. The molecule has 2 rings (SSSR count). The third kappa shape index (κ3) is 1.71. The van der Waals surface area contributed by atoms with Gasteiger partial charge in [0, 0.05) is 19.3 Å². The summed E-state index contributed by atoms with van der Waals surface area (Å²) in [6.07, 6.45) is 6.93. The van der Waals surface area contributed by atoms with Gasteiger partial charge in [0.1, 0.15) is 0 Å². The summed E-state index contributed by atoms with van der Waals surface area (Å²) in [6.45, 7) is 4.16. The van der Waals surface area contributed by atoms with Crippen molar-refractivity contribution in [1.82, 2.24) is 4.98 Å². The minimum absolute atomic E-state index is 0.813. The topological polar surface area (TPSA) is 42.2 Å². The number of hydrogen-bond donors (Lipinski definition) is 1. The minimum Gasteiger partial charge on any atom is -0.397 e. The molecule has 3 heteroatoms.